The predicted molar refractivity (Wildman–Crippen MR) is 101 cm³/mol. The minimum absolute atomic E-state index is 0.0379. The van der Waals surface area contributed by atoms with Crippen LogP contribution in [0.25, 0.3) is 0 Å². The molecule has 0 radical (unpaired) electrons. The van der Waals surface area contributed by atoms with Gasteiger partial charge in [-0.25, -0.2) is 4.98 Å². The van der Waals surface area contributed by atoms with E-state index in [1.807, 2.05) is 50.2 Å². The molecule has 0 atom stereocenters. The van der Waals surface area contributed by atoms with Crippen molar-refractivity contribution in [1.82, 2.24) is 4.98 Å². The molecule has 0 aliphatic rings. The highest BCUT2D eigenvalue weighted by Crippen LogP contribution is 2.14. The molecule has 2 N–H and O–H groups in total. The molecule has 1 amide bonds. The maximum atomic E-state index is 12.0. The van der Waals surface area contributed by atoms with E-state index in [9.17, 15) is 4.79 Å². The van der Waals surface area contributed by atoms with Crippen molar-refractivity contribution < 1.29 is 4.79 Å². The fourth-order valence-corrected chi connectivity index (χ4v) is 2.59. The number of halogens is 1. The zero-order valence-electron chi connectivity index (χ0n) is 14.2. The third kappa shape index (κ3) is 5.53. The van der Waals surface area contributed by atoms with Crippen LogP contribution < -0.4 is 10.6 Å². The number of anilines is 2. The lowest BCUT2D eigenvalue weighted by molar-refractivity contribution is -0.120. The number of nitrogens with zero attached hydrogens (tertiary/aromatic N) is 1. The molecule has 0 fully saturated rings. The van der Waals surface area contributed by atoms with Gasteiger partial charge in [-0.3, -0.25) is 4.79 Å². The Labute approximate surface area is 148 Å². The second-order valence-electron chi connectivity index (χ2n) is 5.74. The molecular weight excluding hydrogens is 322 g/mol. The molecule has 24 heavy (non-hydrogen) atoms. The largest absolute Gasteiger partial charge is 0.383 e. The first kappa shape index (κ1) is 18.3. The summed E-state index contributed by atoms with van der Waals surface area (Å²) in [4.78, 5) is 16.3. The summed E-state index contributed by atoms with van der Waals surface area (Å²) in [5, 5.41) is 6.94. The summed E-state index contributed by atoms with van der Waals surface area (Å²) < 4.78 is 0. The Balaban J connectivity index is 1.81. The summed E-state index contributed by atoms with van der Waals surface area (Å²) in [7, 11) is 0. The van der Waals surface area contributed by atoms with Gasteiger partial charge in [-0.15, -0.1) is 0 Å². The number of benzene rings is 1. The number of aromatic nitrogens is 1. The number of hydrogen-bond donors (Lipinski definition) is 2. The molecule has 0 spiro atoms. The molecule has 2 rings (SSSR count). The zero-order chi connectivity index (χ0) is 17.4. The molecule has 2 aromatic rings. The van der Waals surface area contributed by atoms with Gasteiger partial charge in [0.15, 0.2) is 0 Å². The second-order valence-corrected chi connectivity index (χ2v) is 6.17. The van der Waals surface area contributed by atoms with Crippen molar-refractivity contribution in [3.8, 4) is 0 Å². The molecule has 1 aromatic carbocycles. The minimum atomic E-state index is 0.0379. The maximum absolute atomic E-state index is 12.0. The number of carbonyl (C=O) groups is 1. The topological polar surface area (TPSA) is 54.0 Å². The van der Waals surface area contributed by atoms with Crippen LogP contribution in [0, 0.1) is 5.92 Å². The molecule has 0 unspecified atom stereocenters. The average molecular weight is 346 g/mol. The molecule has 0 aliphatic carbocycles. The molecule has 4 nitrogen and oxygen atoms in total. The van der Waals surface area contributed by atoms with Gasteiger partial charge >= 0.3 is 0 Å². The summed E-state index contributed by atoms with van der Waals surface area (Å²) in [6.07, 6.45) is 4.33. The van der Waals surface area contributed by atoms with E-state index in [4.69, 9.17) is 11.6 Å². The Hall–Kier alpha value is -2.07. The van der Waals surface area contributed by atoms with Crippen LogP contribution in [0.15, 0.2) is 42.6 Å². The van der Waals surface area contributed by atoms with Gasteiger partial charge in [0.1, 0.15) is 5.82 Å². The normalized spacial score (nSPS) is 10.7. The molecule has 0 saturated heterocycles. The first-order valence-corrected chi connectivity index (χ1v) is 8.75. The average Bonchev–Trinajstić information content (AvgIpc) is 2.59. The minimum Gasteiger partial charge on any atom is -0.383 e. The van der Waals surface area contributed by atoms with Gasteiger partial charge in [0.25, 0.3) is 0 Å². The van der Waals surface area contributed by atoms with Gasteiger partial charge in [-0.05, 0) is 49.1 Å². The summed E-state index contributed by atoms with van der Waals surface area (Å²) in [6.45, 7) is 4.85. The Kier molecular flexibility index (Phi) is 7.07. The Morgan fingerprint density at radius 3 is 2.42 bits per heavy atom. The van der Waals surface area contributed by atoms with E-state index in [1.165, 1.54) is 5.56 Å². The smallest absolute Gasteiger partial charge is 0.228 e. The van der Waals surface area contributed by atoms with E-state index in [0.29, 0.717) is 5.82 Å². The van der Waals surface area contributed by atoms with E-state index in [-0.39, 0.29) is 11.8 Å². The third-order valence-electron chi connectivity index (χ3n) is 4.03. The van der Waals surface area contributed by atoms with E-state index < -0.39 is 0 Å². The third-order valence-corrected chi connectivity index (χ3v) is 4.28. The van der Waals surface area contributed by atoms with E-state index in [0.717, 1.165) is 36.5 Å². The molecular formula is C19H24ClN3O. The fourth-order valence-electron chi connectivity index (χ4n) is 2.46. The lowest BCUT2D eigenvalue weighted by Gasteiger charge is -2.12. The number of hydrogen-bond acceptors (Lipinski definition) is 3. The van der Waals surface area contributed by atoms with Gasteiger partial charge in [-0.1, -0.05) is 37.6 Å². The number of carbonyl (C=O) groups excluding carboxylic acids is 1. The lowest BCUT2D eigenvalue weighted by atomic mass is 10.0. The number of nitrogens with one attached hydrogen (secondary N) is 2. The SMILES string of the molecule is CCC(CC)C(=O)Nc1ccc(NCCc2ccc(Cl)cc2)cn1. The summed E-state index contributed by atoms with van der Waals surface area (Å²) in [5.41, 5.74) is 2.17. The van der Waals surface area contributed by atoms with E-state index in [2.05, 4.69) is 15.6 Å². The van der Waals surface area contributed by atoms with Crippen LogP contribution in [0.3, 0.4) is 0 Å². The maximum Gasteiger partial charge on any atom is 0.228 e. The van der Waals surface area contributed by atoms with Crippen molar-refractivity contribution in [2.24, 2.45) is 5.92 Å². The van der Waals surface area contributed by atoms with Gasteiger partial charge < -0.3 is 10.6 Å². The standard InChI is InChI=1S/C19H24ClN3O/c1-3-15(4-2)19(24)23-18-10-9-17(13-22-18)21-12-11-14-5-7-16(20)8-6-14/h5-10,13,15,21H,3-4,11-12H2,1-2H3,(H,22,23,24). The highest BCUT2D eigenvalue weighted by Gasteiger charge is 2.14. The van der Waals surface area contributed by atoms with Gasteiger partial charge in [0.05, 0.1) is 11.9 Å². The van der Waals surface area contributed by atoms with E-state index >= 15 is 0 Å². The highest BCUT2D eigenvalue weighted by molar-refractivity contribution is 6.30. The van der Waals surface area contributed by atoms with Crippen LogP contribution in [-0.2, 0) is 11.2 Å². The van der Waals surface area contributed by atoms with Gasteiger partial charge in [0, 0.05) is 17.5 Å². The Morgan fingerprint density at radius 1 is 1.12 bits per heavy atom. The van der Waals surface area contributed by atoms with Gasteiger partial charge in [0.2, 0.25) is 5.91 Å². The van der Waals surface area contributed by atoms with Crippen molar-refractivity contribution in [3.05, 3.63) is 53.2 Å². The summed E-state index contributed by atoms with van der Waals surface area (Å²) >= 11 is 5.88. The Bertz CT molecular complexity index is 637. The van der Waals surface area contributed by atoms with Crippen molar-refractivity contribution in [2.45, 2.75) is 33.1 Å². The molecule has 1 aromatic heterocycles. The molecule has 5 heteroatoms. The van der Waals surface area contributed by atoms with Crippen LogP contribution in [0.2, 0.25) is 5.02 Å². The summed E-state index contributed by atoms with van der Waals surface area (Å²) in [6, 6.07) is 11.6. The number of pyridine rings is 1. The van der Waals surface area contributed by atoms with E-state index in [1.54, 1.807) is 6.20 Å². The molecule has 0 saturated carbocycles. The van der Waals surface area contributed by atoms with Crippen molar-refractivity contribution in [3.63, 3.8) is 0 Å². The fraction of sp³-hybridized carbons (Fsp3) is 0.368. The van der Waals surface area contributed by atoms with Crippen molar-refractivity contribution in [2.75, 3.05) is 17.2 Å². The molecule has 128 valence electrons. The van der Waals surface area contributed by atoms with Crippen LogP contribution >= 0.6 is 11.6 Å². The quantitative estimate of drug-likeness (QED) is 0.725. The summed E-state index contributed by atoms with van der Waals surface area (Å²) in [5.74, 6) is 0.676. The second kappa shape index (κ2) is 9.28. The molecule has 1 heterocycles. The number of amides is 1. The first-order valence-electron chi connectivity index (χ1n) is 8.37. The van der Waals surface area contributed by atoms with Crippen LogP contribution in [0.4, 0.5) is 11.5 Å². The van der Waals surface area contributed by atoms with Crippen molar-refractivity contribution in [1.29, 1.82) is 0 Å². The lowest BCUT2D eigenvalue weighted by Crippen LogP contribution is -2.22. The highest BCUT2D eigenvalue weighted by atomic mass is 35.5. The monoisotopic (exact) mass is 345 g/mol. The van der Waals surface area contributed by atoms with Crippen molar-refractivity contribution >= 4 is 29.0 Å². The Morgan fingerprint density at radius 2 is 1.83 bits per heavy atom. The first-order chi connectivity index (χ1) is 11.6. The molecule has 0 bridgehead atoms. The van der Waals surface area contributed by atoms with Crippen LogP contribution in [-0.4, -0.2) is 17.4 Å². The number of rotatable bonds is 8. The van der Waals surface area contributed by atoms with Crippen LogP contribution in [0.1, 0.15) is 32.3 Å². The predicted octanol–water partition coefficient (Wildman–Crippen LogP) is 4.76. The molecule has 0 aliphatic heterocycles. The van der Waals surface area contributed by atoms with Crippen LogP contribution in [0.5, 0.6) is 0 Å². The zero-order valence-corrected chi connectivity index (χ0v) is 14.9. The van der Waals surface area contributed by atoms with Gasteiger partial charge in [-0.2, -0.15) is 0 Å².